The number of anilines is 1. The van der Waals surface area contributed by atoms with Gasteiger partial charge in [-0.25, -0.2) is 17.9 Å². The largest absolute Gasteiger partial charge is 0.404 e. The average Bonchev–Trinajstić information content (AvgIpc) is 3.46. The van der Waals surface area contributed by atoms with Gasteiger partial charge in [-0.2, -0.15) is 10.4 Å². The van der Waals surface area contributed by atoms with E-state index in [-0.39, 0.29) is 12.5 Å². The van der Waals surface area contributed by atoms with Gasteiger partial charge in [0.15, 0.2) is 9.84 Å². The summed E-state index contributed by atoms with van der Waals surface area (Å²) in [4.78, 5) is 27.4. The Morgan fingerprint density at radius 1 is 1.11 bits per heavy atom. The molecule has 0 spiro atoms. The number of hydrogen-bond donors (Lipinski definition) is 1. The van der Waals surface area contributed by atoms with Crippen molar-refractivity contribution in [2.24, 2.45) is 10.7 Å². The molecule has 1 fully saturated rings. The summed E-state index contributed by atoms with van der Waals surface area (Å²) in [5.41, 5.74) is 11.0. The maximum atomic E-state index is 12.0. The van der Waals surface area contributed by atoms with Crippen molar-refractivity contribution in [1.82, 2.24) is 24.4 Å². The number of carbonyl (C=O) groups excluding carboxylic acids is 1. The lowest BCUT2D eigenvalue weighted by atomic mass is 10.0. The number of nitriles is 1. The number of hydrogen-bond acceptors (Lipinski definition) is 10. The maximum absolute atomic E-state index is 12.0. The molecule has 45 heavy (non-hydrogen) atoms. The van der Waals surface area contributed by atoms with E-state index in [0.717, 1.165) is 60.8 Å². The average molecular weight is 626 g/mol. The summed E-state index contributed by atoms with van der Waals surface area (Å²) in [6.07, 6.45) is 9.31. The summed E-state index contributed by atoms with van der Waals surface area (Å²) < 4.78 is 25.1. The number of aliphatic imine (C=N–C) groups is 1. The van der Waals surface area contributed by atoms with Gasteiger partial charge in [0.1, 0.15) is 18.4 Å². The number of sulfone groups is 1. The molecule has 4 heterocycles. The third kappa shape index (κ3) is 7.19. The van der Waals surface area contributed by atoms with Crippen LogP contribution >= 0.6 is 0 Å². The van der Waals surface area contributed by atoms with Crippen molar-refractivity contribution in [2.75, 3.05) is 58.0 Å². The number of amides is 1. The lowest BCUT2D eigenvalue weighted by Gasteiger charge is -2.35. The first-order chi connectivity index (χ1) is 21.6. The zero-order valence-electron chi connectivity index (χ0n) is 25.5. The lowest BCUT2D eigenvalue weighted by molar-refractivity contribution is -0.127. The molecular formula is C32H35N9O3S. The Labute approximate surface area is 262 Å². The quantitative estimate of drug-likeness (QED) is 0.276. The highest BCUT2D eigenvalue weighted by molar-refractivity contribution is 7.90. The third-order valence-corrected chi connectivity index (χ3v) is 8.84. The fourth-order valence-corrected chi connectivity index (χ4v) is 5.76. The van der Waals surface area contributed by atoms with Gasteiger partial charge in [-0.05, 0) is 35.9 Å². The predicted octanol–water partition coefficient (Wildman–Crippen LogP) is 2.45. The molecule has 4 aromatic rings. The Hall–Kier alpha value is -5.06. The third-order valence-electron chi connectivity index (χ3n) is 7.71. The van der Waals surface area contributed by atoms with Crippen LogP contribution < -0.4 is 10.6 Å². The van der Waals surface area contributed by atoms with Crippen LogP contribution in [0, 0.1) is 11.3 Å². The number of fused-ring (bicyclic) bond motifs is 1. The highest BCUT2D eigenvalue weighted by atomic mass is 32.2. The molecule has 13 heteroatoms. The Balaban J connectivity index is 1.32. The molecule has 5 rings (SSSR count). The van der Waals surface area contributed by atoms with Crippen LogP contribution in [0.25, 0.3) is 22.2 Å². The van der Waals surface area contributed by atoms with Crippen molar-refractivity contribution in [1.29, 1.82) is 5.26 Å². The minimum absolute atomic E-state index is 0.00207. The molecule has 0 bridgehead atoms. The van der Waals surface area contributed by atoms with E-state index in [0.29, 0.717) is 21.5 Å². The van der Waals surface area contributed by atoms with Crippen molar-refractivity contribution in [3.8, 4) is 17.2 Å². The molecule has 2 N–H and O–H groups in total. The van der Waals surface area contributed by atoms with Gasteiger partial charge < -0.3 is 15.5 Å². The number of aromatic nitrogens is 3. The van der Waals surface area contributed by atoms with Crippen LogP contribution in [0.2, 0.25) is 0 Å². The highest BCUT2D eigenvalue weighted by Crippen LogP contribution is 2.31. The van der Waals surface area contributed by atoms with Gasteiger partial charge in [0.2, 0.25) is 5.91 Å². The Kier molecular flexibility index (Phi) is 9.26. The van der Waals surface area contributed by atoms with Crippen LogP contribution in [0.5, 0.6) is 0 Å². The van der Waals surface area contributed by atoms with Crippen molar-refractivity contribution < 1.29 is 13.2 Å². The van der Waals surface area contributed by atoms with E-state index < -0.39 is 9.84 Å². The molecule has 0 radical (unpaired) electrons. The van der Waals surface area contributed by atoms with Crippen LogP contribution in [0.15, 0.2) is 77.1 Å². The molecule has 1 aromatic carbocycles. The number of carbonyl (C=O) groups is 1. The molecule has 1 amide bonds. The normalized spacial score (nSPS) is 14.6. The molecule has 232 valence electrons. The number of nitrogens with zero attached hydrogens (tertiary/aromatic N) is 8. The van der Waals surface area contributed by atoms with E-state index in [1.54, 1.807) is 49.4 Å². The summed E-state index contributed by atoms with van der Waals surface area (Å²) in [6.45, 7) is 4.04. The number of nitrogens with two attached hydrogens (primary N) is 1. The van der Waals surface area contributed by atoms with Gasteiger partial charge >= 0.3 is 0 Å². The predicted molar refractivity (Wildman–Crippen MR) is 174 cm³/mol. The minimum atomic E-state index is -3.21. The fraction of sp³-hybridized carbons (Fsp3) is 0.281. The molecule has 0 unspecified atom stereocenters. The van der Waals surface area contributed by atoms with Gasteiger partial charge in [0.25, 0.3) is 0 Å². The molecule has 1 aliphatic rings. The van der Waals surface area contributed by atoms with Gasteiger partial charge in [0.05, 0.1) is 22.2 Å². The topological polar surface area (TPSA) is 153 Å². The Morgan fingerprint density at radius 3 is 2.44 bits per heavy atom. The van der Waals surface area contributed by atoms with Crippen molar-refractivity contribution in [3.63, 3.8) is 0 Å². The number of piperazine rings is 1. The number of allylic oxidation sites excluding steroid dienone is 1. The zero-order valence-corrected chi connectivity index (χ0v) is 26.3. The van der Waals surface area contributed by atoms with Crippen LogP contribution in [0.4, 0.5) is 5.82 Å². The SMILES string of the molecule is CN(C)C(=O)CN=CC(=CN)c1cc(-c2ccc(N3CCN(Cc4ccc(S(C)(=O)=O)cc4)CC3)nc2)c2c(C#N)cnn2c1. The first kappa shape index (κ1) is 31.4. The van der Waals surface area contributed by atoms with Crippen molar-refractivity contribution in [3.05, 3.63) is 83.9 Å². The van der Waals surface area contributed by atoms with E-state index in [1.165, 1.54) is 23.6 Å². The molecular weight excluding hydrogens is 590 g/mol. The van der Waals surface area contributed by atoms with Crippen LogP contribution in [0.3, 0.4) is 0 Å². The van der Waals surface area contributed by atoms with E-state index in [2.05, 4.69) is 26.0 Å². The second kappa shape index (κ2) is 13.3. The monoisotopic (exact) mass is 625 g/mol. The molecule has 0 saturated carbocycles. The van der Waals surface area contributed by atoms with Crippen LogP contribution in [-0.4, -0.2) is 98.0 Å². The summed E-state index contributed by atoms with van der Waals surface area (Å²) >= 11 is 0. The lowest BCUT2D eigenvalue weighted by Crippen LogP contribution is -2.46. The second-order valence-corrected chi connectivity index (χ2v) is 13.1. The van der Waals surface area contributed by atoms with Crippen LogP contribution in [0.1, 0.15) is 16.7 Å². The van der Waals surface area contributed by atoms with Crippen molar-refractivity contribution >= 4 is 38.9 Å². The summed E-state index contributed by atoms with van der Waals surface area (Å²) in [7, 11) is 0.140. The fourth-order valence-electron chi connectivity index (χ4n) is 5.13. The van der Waals surface area contributed by atoms with Gasteiger partial charge in [0, 0.05) is 100 Å². The Morgan fingerprint density at radius 2 is 1.84 bits per heavy atom. The first-order valence-corrected chi connectivity index (χ1v) is 16.2. The summed E-state index contributed by atoms with van der Waals surface area (Å²) in [5, 5.41) is 14.2. The number of pyridine rings is 2. The number of benzene rings is 1. The van der Waals surface area contributed by atoms with Crippen LogP contribution in [-0.2, 0) is 21.2 Å². The molecule has 1 aliphatic heterocycles. The van der Waals surface area contributed by atoms with E-state index in [9.17, 15) is 18.5 Å². The van der Waals surface area contributed by atoms with Gasteiger partial charge in [-0.3, -0.25) is 14.7 Å². The first-order valence-electron chi connectivity index (χ1n) is 14.3. The van der Waals surface area contributed by atoms with E-state index in [1.807, 2.05) is 30.3 Å². The Bertz CT molecular complexity index is 1900. The summed E-state index contributed by atoms with van der Waals surface area (Å²) in [5.74, 6) is 0.732. The standard InChI is InChI=1S/C32H35N9O3S/c1-38(2)31(42)20-35-17-26(15-33)25-14-29(32-27(16-34)19-37-41(32)22-25)24-6-9-30(36-18-24)40-12-10-39(11-13-40)21-23-4-7-28(8-5-23)45(3,43)44/h4-9,14-15,17-19,22H,10-13,20-21,33H2,1-3H3. The summed E-state index contributed by atoms with van der Waals surface area (Å²) in [6, 6.07) is 15.2. The molecule has 1 saturated heterocycles. The van der Waals surface area contributed by atoms with E-state index >= 15 is 0 Å². The number of likely N-dealkylation sites (N-methyl/N-ethyl adjacent to an activating group) is 1. The molecule has 3 aromatic heterocycles. The maximum Gasteiger partial charge on any atom is 0.243 e. The molecule has 12 nitrogen and oxygen atoms in total. The van der Waals surface area contributed by atoms with Gasteiger partial charge in [-0.1, -0.05) is 12.1 Å². The minimum Gasteiger partial charge on any atom is -0.404 e. The second-order valence-electron chi connectivity index (χ2n) is 11.1. The number of rotatable bonds is 9. The zero-order chi connectivity index (χ0) is 32.1. The van der Waals surface area contributed by atoms with Gasteiger partial charge in [-0.15, -0.1) is 0 Å². The van der Waals surface area contributed by atoms with E-state index in [4.69, 9.17) is 10.7 Å². The molecule has 0 atom stereocenters. The smallest absolute Gasteiger partial charge is 0.243 e. The molecule has 0 aliphatic carbocycles. The van der Waals surface area contributed by atoms with Crippen molar-refractivity contribution in [2.45, 2.75) is 11.4 Å². The highest BCUT2D eigenvalue weighted by Gasteiger charge is 2.20.